The topological polar surface area (TPSA) is 17.0 Å². The van der Waals surface area contributed by atoms with Gasteiger partial charge in [-0.1, -0.05) is 66.7 Å². The van der Waals surface area contributed by atoms with E-state index in [1.165, 1.54) is 0 Å². The van der Waals surface area contributed by atoms with Crippen LogP contribution in [0.25, 0.3) is 65.9 Å². The van der Waals surface area contributed by atoms with Crippen molar-refractivity contribution >= 4 is 43.5 Å². The Balaban J connectivity index is 1.65. The number of aromatic nitrogens is 1. The van der Waals surface area contributed by atoms with Gasteiger partial charge in [-0.25, -0.2) is 8.96 Å². The standard InChI is InChI=1S/C33H23FNO/c1-20-18-28(34)31-26-15-9-14-25(32(26)36-33(31)30(20)29-16-7-8-17-35(29)2)27-19-21-10-3-4-11-22(21)23-12-5-6-13-24(23)27/h3-19H,1-2H3/q+1/i19D. The lowest BCUT2D eigenvalue weighted by molar-refractivity contribution is -0.660. The zero-order valence-electron chi connectivity index (χ0n) is 21.0. The summed E-state index contributed by atoms with van der Waals surface area (Å²) in [6.45, 7) is 1.91. The monoisotopic (exact) mass is 469 g/mol. The van der Waals surface area contributed by atoms with E-state index in [9.17, 15) is 1.37 Å². The van der Waals surface area contributed by atoms with Gasteiger partial charge in [0.15, 0.2) is 11.8 Å². The Morgan fingerprint density at radius 2 is 1.47 bits per heavy atom. The van der Waals surface area contributed by atoms with Crippen LogP contribution in [-0.4, -0.2) is 0 Å². The maximum Gasteiger partial charge on any atom is 0.216 e. The second kappa shape index (κ2) is 7.76. The summed E-state index contributed by atoms with van der Waals surface area (Å²) in [7, 11) is 1.98. The summed E-state index contributed by atoms with van der Waals surface area (Å²) in [5.74, 6) is -0.305. The summed E-state index contributed by atoms with van der Waals surface area (Å²) in [4.78, 5) is 0. The third kappa shape index (κ3) is 2.93. The number of nitrogens with zero attached hydrogens (tertiary/aromatic N) is 1. The third-order valence-corrected chi connectivity index (χ3v) is 7.17. The fraction of sp³-hybridized carbons (Fsp3) is 0.0606. The first-order valence-electron chi connectivity index (χ1n) is 12.5. The molecule has 0 amide bonds. The van der Waals surface area contributed by atoms with Crippen LogP contribution in [0.3, 0.4) is 0 Å². The fourth-order valence-corrected chi connectivity index (χ4v) is 5.52. The molecule has 0 aliphatic heterocycles. The number of furan rings is 1. The zero-order chi connectivity index (χ0) is 25.3. The Hall–Kier alpha value is -4.50. The minimum Gasteiger partial charge on any atom is -0.454 e. The third-order valence-electron chi connectivity index (χ3n) is 7.17. The molecule has 5 aromatic carbocycles. The Morgan fingerprint density at radius 3 is 2.31 bits per heavy atom. The molecule has 3 heteroatoms. The van der Waals surface area contributed by atoms with Gasteiger partial charge in [0.1, 0.15) is 18.4 Å². The average Bonchev–Trinajstić information content (AvgIpc) is 3.30. The molecule has 0 fully saturated rings. The first-order valence-corrected chi connectivity index (χ1v) is 12.0. The highest BCUT2D eigenvalue weighted by Crippen LogP contribution is 2.44. The molecule has 0 N–H and O–H groups in total. The quantitative estimate of drug-likeness (QED) is 0.183. The van der Waals surface area contributed by atoms with Gasteiger partial charge in [-0.3, -0.25) is 0 Å². The van der Waals surface area contributed by atoms with Crippen LogP contribution < -0.4 is 4.57 Å². The van der Waals surface area contributed by atoms with Crippen molar-refractivity contribution in [1.29, 1.82) is 0 Å². The van der Waals surface area contributed by atoms with Crippen LogP contribution in [0.1, 0.15) is 6.93 Å². The summed E-state index contributed by atoms with van der Waals surface area (Å²) < 4.78 is 33.4. The van der Waals surface area contributed by atoms with Crippen LogP contribution in [0.4, 0.5) is 4.39 Å². The molecule has 36 heavy (non-hydrogen) atoms. The highest BCUT2D eigenvalue weighted by atomic mass is 19.1. The molecule has 2 aromatic heterocycles. The van der Waals surface area contributed by atoms with Gasteiger partial charge < -0.3 is 4.42 Å². The molecule has 0 saturated heterocycles. The molecule has 0 radical (unpaired) electrons. The predicted octanol–water partition coefficient (Wildman–Crippen LogP) is 8.50. The van der Waals surface area contributed by atoms with E-state index in [4.69, 9.17) is 4.42 Å². The van der Waals surface area contributed by atoms with E-state index in [2.05, 4.69) is 18.2 Å². The summed E-state index contributed by atoms with van der Waals surface area (Å²) in [5, 5.41) is 5.16. The van der Waals surface area contributed by atoms with Crippen LogP contribution in [0.2, 0.25) is 0 Å². The molecular formula is C33H23FNO+. The minimum absolute atomic E-state index is 0.305. The van der Waals surface area contributed by atoms with E-state index in [0.29, 0.717) is 28.0 Å². The SMILES string of the molecule is [2H]c1c(-c2cccc3c2oc2c(-c4cccc[n+]4C)c(C)cc(F)c23)c2ccccc2c2ccccc12. The van der Waals surface area contributed by atoms with Crippen LogP contribution in [0.15, 0.2) is 108 Å². The predicted molar refractivity (Wildman–Crippen MR) is 145 cm³/mol. The maximum absolute atomic E-state index is 15.6. The number of pyridine rings is 1. The van der Waals surface area contributed by atoms with Crippen molar-refractivity contribution in [2.75, 3.05) is 0 Å². The second-order valence-corrected chi connectivity index (χ2v) is 9.33. The molecule has 2 nitrogen and oxygen atoms in total. The van der Waals surface area contributed by atoms with Gasteiger partial charge in [-0.15, -0.1) is 0 Å². The molecule has 0 unspecified atom stereocenters. The molecule has 0 saturated carbocycles. The summed E-state index contributed by atoms with van der Waals surface area (Å²) in [6.07, 6.45) is 1.98. The van der Waals surface area contributed by atoms with Crippen molar-refractivity contribution in [3.8, 4) is 22.4 Å². The molecule has 0 bridgehead atoms. The number of hydrogen-bond donors (Lipinski definition) is 0. The summed E-state index contributed by atoms with van der Waals surface area (Å²) in [5.41, 5.74) is 5.34. The summed E-state index contributed by atoms with van der Waals surface area (Å²) in [6, 6.07) is 30.0. The zero-order valence-corrected chi connectivity index (χ0v) is 20.0. The molecule has 0 spiro atoms. The lowest BCUT2D eigenvalue weighted by Gasteiger charge is -2.11. The lowest BCUT2D eigenvalue weighted by Crippen LogP contribution is -2.30. The maximum atomic E-state index is 15.6. The van der Waals surface area contributed by atoms with E-state index in [1.807, 2.05) is 91.5 Å². The first-order chi connectivity index (χ1) is 18.0. The van der Waals surface area contributed by atoms with Crippen molar-refractivity contribution in [3.05, 3.63) is 115 Å². The van der Waals surface area contributed by atoms with Crippen molar-refractivity contribution in [3.63, 3.8) is 0 Å². The number of rotatable bonds is 2. The molecule has 0 atom stereocenters. The molecule has 2 heterocycles. The van der Waals surface area contributed by atoms with Gasteiger partial charge >= 0.3 is 0 Å². The fourth-order valence-electron chi connectivity index (χ4n) is 5.52. The van der Waals surface area contributed by atoms with E-state index >= 15 is 4.39 Å². The lowest BCUT2D eigenvalue weighted by atomic mass is 9.92. The van der Waals surface area contributed by atoms with Gasteiger partial charge in [-0.05, 0) is 57.8 Å². The van der Waals surface area contributed by atoms with Gasteiger partial charge in [0.05, 0.1) is 12.3 Å². The number of benzene rings is 5. The number of halogens is 1. The Kier molecular flexibility index (Phi) is 4.26. The van der Waals surface area contributed by atoms with Crippen LogP contribution in [-0.2, 0) is 7.05 Å². The number of aryl methyl sites for hydroxylation is 2. The Bertz CT molecular complexity index is 2040. The van der Waals surface area contributed by atoms with Crippen molar-refractivity contribution < 1.29 is 14.7 Å². The van der Waals surface area contributed by atoms with Gasteiger partial charge in [0.2, 0.25) is 5.69 Å². The molecule has 0 aliphatic rings. The molecule has 172 valence electrons. The van der Waals surface area contributed by atoms with E-state index in [-0.39, 0.29) is 5.82 Å². The number of fused-ring (bicyclic) bond motifs is 6. The second-order valence-electron chi connectivity index (χ2n) is 9.33. The largest absolute Gasteiger partial charge is 0.454 e. The molecule has 0 aliphatic carbocycles. The van der Waals surface area contributed by atoms with Crippen molar-refractivity contribution in [2.24, 2.45) is 7.05 Å². The number of para-hydroxylation sites is 1. The summed E-state index contributed by atoms with van der Waals surface area (Å²) >= 11 is 0. The number of hydrogen-bond acceptors (Lipinski definition) is 1. The van der Waals surface area contributed by atoms with E-state index in [1.54, 1.807) is 6.07 Å². The average molecular weight is 470 g/mol. The van der Waals surface area contributed by atoms with Crippen molar-refractivity contribution in [1.82, 2.24) is 0 Å². The highest BCUT2D eigenvalue weighted by Gasteiger charge is 2.24. The highest BCUT2D eigenvalue weighted by molar-refractivity contribution is 6.18. The van der Waals surface area contributed by atoms with E-state index < -0.39 is 0 Å². The van der Waals surface area contributed by atoms with Gasteiger partial charge in [0, 0.05) is 23.1 Å². The van der Waals surface area contributed by atoms with Crippen LogP contribution >= 0.6 is 0 Å². The van der Waals surface area contributed by atoms with Crippen LogP contribution in [0.5, 0.6) is 0 Å². The first kappa shape index (κ1) is 19.8. The van der Waals surface area contributed by atoms with Crippen molar-refractivity contribution in [2.45, 2.75) is 6.92 Å². The van der Waals surface area contributed by atoms with Crippen LogP contribution in [0, 0.1) is 12.7 Å². The van der Waals surface area contributed by atoms with Gasteiger partial charge in [-0.2, -0.15) is 0 Å². The minimum atomic E-state index is -0.305. The molecular weight excluding hydrogens is 445 g/mol. The van der Waals surface area contributed by atoms with E-state index in [0.717, 1.165) is 49.5 Å². The molecule has 7 aromatic rings. The normalized spacial score (nSPS) is 12.1. The smallest absolute Gasteiger partial charge is 0.216 e. The molecule has 7 rings (SSSR count). The Labute approximate surface area is 209 Å². The Morgan fingerprint density at radius 1 is 0.750 bits per heavy atom. The van der Waals surface area contributed by atoms with Gasteiger partial charge in [0.25, 0.3) is 0 Å².